The van der Waals surface area contributed by atoms with Gasteiger partial charge in [0.1, 0.15) is 6.61 Å². The summed E-state index contributed by atoms with van der Waals surface area (Å²) in [6, 6.07) is 12.2. The molecule has 0 bridgehead atoms. The predicted molar refractivity (Wildman–Crippen MR) is 139 cm³/mol. The number of carboxylic acids is 1. The first-order valence-corrected chi connectivity index (χ1v) is 12.5. The maximum Gasteiger partial charge on any atom is 0.307 e. The molecule has 1 aliphatic rings. The third-order valence-electron chi connectivity index (χ3n) is 6.51. The number of nitrogens with zero attached hydrogens (tertiary/aromatic N) is 6. The van der Waals surface area contributed by atoms with Crippen LogP contribution in [0.25, 0.3) is 22.5 Å². The zero-order valence-corrected chi connectivity index (χ0v) is 21.8. The van der Waals surface area contributed by atoms with Gasteiger partial charge in [-0.3, -0.25) is 9.78 Å². The van der Waals surface area contributed by atoms with Crippen LogP contribution in [0.15, 0.2) is 48.8 Å². The van der Waals surface area contributed by atoms with Crippen molar-refractivity contribution < 1.29 is 19.7 Å². The highest BCUT2D eigenvalue weighted by Crippen LogP contribution is 2.46. The van der Waals surface area contributed by atoms with E-state index >= 15 is 0 Å². The van der Waals surface area contributed by atoms with Crippen molar-refractivity contribution in [2.45, 2.75) is 58.8 Å². The van der Waals surface area contributed by atoms with Crippen LogP contribution in [0.1, 0.15) is 48.6 Å². The second kappa shape index (κ2) is 9.94. The lowest BCUT2D eigenvalue weighted by molar-refractivity contribution is -0.138. The largest absolute Gasteiger partial charge is 0.481 e. The van der Waals surface area contributed by atoms with Gasteiger partial charge in [-0.2, -0.15) is 4.80 Å². The van der Waals surface area contributed by atoms with Crippen molar-refractivity contribution in [2.24, 2.45) is 5.92 Å². The zero-order chi connectivity index (χ0) is 27.0. The van der Waals surface area contributed by atoms with Crippen LogP contribution in [0.5, 0.6) is 5.88 Å². The molecule has 0 unspecified atom stereocenters. The van der Waals surface area contributed by atoms with Crippen LogP contribution in [0.3, 0.4) is 0 Å². The summed E-state index contributed by atoms with van der Waals surface area (Å²) in [6.07, 6.45) is 3.76. The lowest BCUT2D eigenvalue weighted by atomic mass is 9.92. The lowest BCUT2D eigenvalue weighted by Crippen LogP contribution is -2.27. The van der Waals surface area contributed by atoms with Crippen molar-refractivity contribution in [3.05, 3.63) is 71.2 Å². The minimum Gasteiger partial charge on any atom is -0.481 e. The number of hydrogen-bond acceptors (Lipinski definition) is 8. The maximum atomic E-state index is 11.1. The number of hydrogen-bond donors (Lipinski definition) is 2. The molecule has 0 saturated heterocycles. The summed E-state index contributed by atoms with van der Waals surface area (Å²) in [7, 11) is 0. The first-order valence-electron chi connectivity index (χ1n) is 12.5. The van der Waals surface area contributed by atoms with Crippen molar-refractivity contribution in [3.63, 3.8) is 0 Å². The molecule has 2 N–H and O–H groups in total. The van der Waals surface area contributed by atoms with Crippen molar-refractivity contribution in [2.75, 3.05) is 0 Å². The Hall–Kier alpha value is -4.18. The number of benzene rings is 2. The summed E-state index contributed by atoms with van der Waals surface area (Å²) in [6.45, 7) is 8.10. The Bertz CT molecular complexity index is 1450. The second-order valence-corrected chi connectivity index (χ2v) is 10.5. The molecule has 2 atom stereocenters. The molecule has 1 aliphatic carbocycles. The number of carboxylic acid groups (broad SMARTS) is 1. The number of carbonyl (C=O) groups is 1. The van der Waals surface area contributed by atoms with Crippen molar-refractivity contribution in [1.82, 2.24) is 30.2 Å². The summed E-state index contributed by atoms with van der Waals surface area (Å²) < 4.78 is 5.85. The summed E-state index contributed by atoms with van der Waals surface area (Å²) in [5, 5.41) is 31.8. The van der Waals surface area contributed by atoms with Gasteiger partial charge in [0.15, 0.2) is 0 Å². The van der Waals surface area contributed by atoms with Gasteiger partial charge in [0, 0.05) is 11.5 Å². The van der Waals surface area contributed by atoms with Crippen LogP contribution < -0.4 is 4.74 Å². The Labute approximate surface area is 220 Å². The minimum atomic E-state index is -0.930. The fourth-order valence-corrected chi connectivity index (χ4v) is 4.68. The molecular weight excluding hydrogens is 484 g/mol. The first-order chi connectivity index (χ1) is 18.1. The Kier molecular flexibility index (Phi) is 6.66. The fraction of sp³-hybridized carbons (Fsp3) is 0.357. The predicted octanol–water partition coefficient (Wildman–Crippen LogP) is 3.95. The molecule has 1 fully saturated rings. The van der Waals surface area contributed by atoms with E-state index < -0.39 is 11.6 Å². The maximum absolute atomic E-state index is 11.1. The molecule has 4 aromatic rings. The van der Waals surface area contributed by atoms with E-state index in [1.807, 2.05) is 24.3 Å². The molecule has 2 heterocycles. The lowest BCUT2D eigenvalue weighted by Gasteiger charge is -2.15. The topological polar surface area (TPSA) is 136 Å². The molecule has 1 saturated carbocycles. The second-order valence-electron chi connectivity index (χ2n) is 10.5. The van der Waals surface area contributed by atoms with Crippen LogP contribution in [0.2, 0.25) is 0 Å². The number of aliphatic hydroxyl groups is 1. The Morgan fingerprint density at radius 3 is 2.50 bits per heavy atom. The third kappa shape index (κ3) is 5.70. The van der Waals surface area contributed by atoms with Gasteiger partial charge in [-0.1, -0.05) is 18.2 Å². The third-order valence-corrected chi connectivity index (χ3v) is 6.51. The SMILES string of the molecule is Cc1cc(-c2nnn(CC(C)(C)O)n2)cc(C)c1-c1cccc(COc2cnc([C@@H]3C[C@H]3C(=O)O)cn2)c1. The van der Waals surface area contributed by atoms with E-state index in [1.165, 1.54) is 4.80 Å². The number of aryl methyl sites for hydroxylation is 2. The molecule has 2 aromatic heterocycles. The average molecular weight is 515 g/mol. The Morgan fingerprint density at radius 2 is 1.87 bits per heavy atom. The summed E-state index contributed by atoms with van der Waals surface area (Å²) in [5.41, 5.74) is 5.98. The van der Waals surface area contributed by atoms with Gasteiger partial charge in [0.25, 0.3) is 0 Å². The van der Waals surface area contributed by atoms with Crippen LogP contribution in [0, 0.1) is 19.8 Å². The van der Waals surface area contributed by atoms with Crippen molar-refractivity contribution in [1.29, 1.82) is 0 Å². The van der Waals surface area contributed by atoms with E-state index in [9.17, 15) is 9.90 Å². The van der Waals surface area contributed by atoms with E-state index in [0.29, 0.717) is 30.4 Å². The van der Waals surface area contributed by atoms with Gasteiger partial charge in [0.2, 0.25) is 11.7 Å². The summed E-state index contributed by atoms with van der Waals surface area (Å²) in [4.78, 5) is 21.1. The number of aliphatic carboxylic acids is 1. The average Bonchev–Trinajstić information content (AvgIpc) is 3.54. The highest BCUT2D eigenvalue weighted by atomic mass is 16.5. The standard InChI is InChI=1S/C28H30N6O4/c1-16-8-20(26-31-33-34(32-26)15-28(3,4)37)9-17(2)25(16)19-7-5-6-18(10-19)14-38-24-13-29-23(12-30-24)21-11-22(21)27(35)36/h5-10,12-13,21-22,37H,11,14-15H2,1-4H3,(H,35,36)/t21-,22-/m1/s1. The minimum absolute atomic E-state index is 0.0565. The number of tetrazole rings is 1. The first kappa shape index (κ1) is 25.5. The van der Waals surface area contributed by atoms with E-state index in [4.69, 9.17) is 9.84 Å². The molecule has 10 heteroatoms. The zero-order valence-electron chi connectivity index (χ0n) is 21.8. The van der Waals surface area contributed by atoms with Gasteiger partial charge in [-0.15, -0.1) is 10.2 Å². The molecular formula is C28H30N6O4. The van der Waals surface area contributed by atoms with Crippen LogP contribution in [0.4, 0.5) is 0 Å². The molecule has 38 heavy (non-hydrogen) atoms. The number of ether oxygens (including phenoxy) is 1. The van der Waals surface area contributed by atoms with Crippen molar-refractivity contribution in [3.8, 4) is 28.4 Å². The van der Waals surface area contributed by atoms with E-state index in [0.717, 1.165) is 33.4 Å². The van der Waals surface area contributed by atoms with Gasteiger partial charge < -0.3 is 14.9 Å². The van der Waals surface area contributed by atoms with Crippen LogP contribution >= 0.6 is 0 Å². The molecule has 0 amide bonds. The molecule has 5 rings (SSSR count). The summed E-state index contributed by atoms with van der Waals surface area (Å²) >= 11 is 0. The van der Waals surface area contributed by atoms with Gasteiger partial charge in [-0.25, -0.2) is 4.98 Å². The Morgan fingerprint density at radius 1 is 1.11 bits per heavy atom. The highest BCUT2D eigenvalue weighted by molar-refractivity contribution is 5.75. The number of rotatable bonds is 9. The molecule has 2 aromatic carbocycles. The molecule has 0 radical (unpaired) electrons. The molecule has 10 nitrogen and oxygen atoms in total. The van der Waals surface area contributed by atoms with E-state index in [1.54, 1.807) is 26.2 Å². The quantitative estimate of drug-likeness (QED) is 0.340. The van der Waals surface area contributed by atoms with Gasteiger partial charge in [0.05, 0.1) is 36.2 Å². The molecule has 0 aliphatic heterocycles. The monoisotopic (exact) mass is 514 g/mol. The van der Waals surface area contributed by atoms with E-state index in [2.05, 4.69) is 51.4 Å². The molecule has 196 valence electrons. The van der Waals surface area contributed by atoms with Crippen LogP contribution in [-0.2, 0) is 17.9 Å². The Balaban J connectivity index is 1.28. The summed E-state index contributed by atoms with van der Waals surface area (Å²) in [5.74, 6) is -0.290. The van der Waals surface area contributed by atoms with Gasteiger partial charge in [-0.05, 0) is 85.3 Å². The van der Waals surface area contributed by atoms with Crippen LogP contribution in [-0.4, -0.2) is 52.0 Å². The smallest absolute Gasteiger partial charge is 0.307 e. The van der Waals surface area contributed by atoms with E-state index in [-0.39, 0.29) is 18.4 Å². The fourth-order valence-electron chi connectivity index (χ4n) is 4.68. The van der Waals surface area contributed by atoms with Crippen molar-refractivity contribution >= 4 is 5.97 Å². The normalized spacial score (nSPS) is 16.9. The van der Waals surface area contributed by atoms with Gasteiger partial charge >= 0.3 is 5.97 Å². The number of aromatic nitrogens is 6. The highest BCUT2D eigenvalue weighted by Gasteiger charge is 2.45. The molecule has 0 spiro atoms.